The SMILES string of the molecule is C=C[C@@](N)(CC)c1cnc(OCCCS(C)(=O)=O)c2cnc(Nc3ccc4c(n3)CC(C)(C)OC4=O)cc12. The Labute approximate surface area is 222 Å². The highest BCUT2D eigenvalue weighted by Crippen LogP contribution is 2.35. The van der Waals surface area contributed by atoms with Crippen molar-refractivity contribution in [2.75, 3.05) is 23.9 Å². The molecule has 38 heavy (non-hydrogen) atoms. The fourth-order valence-corrected chi connectivity index (χ4v) is 5.01. The summed E-state index contributed by atoms with van der Waals surface area (Å²) in [6.45, 7) is 9.78. The zero-order chi connectivity index (χ0) is 27.7. The molecule has 1 aliphatic rings. The number of hydrogen-bond acceptors (Lipinski definition) is 10. The Morgan fingerprint density at radius 2 is 2.00 bits per heavy atom. The highest BCUT2D eigenvalue weighted by molar-refractivity contribution is 7.90. The summed E-state index contributed by atoms with van der Waals surface area (Å²) in [5, 5.41) is 4.63. The molecule has 4 heterocycles. The van der Waals surface area contributed by atoms with Gasteiger partial charge in [0.25, 0.3) is 0 Å². The van der Waals surface area contributed by atoms with Crippen molar-refractivity contribution in [2.45, 2.75) is 51.2 Å². The lowest BCUT2D eigenvalue weighted by Gasteiger charge is -2.30. The van der Waals surface area contributed by atoms with Crippen molar-refractivity contribution < 1.29 is 22.7 Å². The molecule has 11 heteroatoms. The summed E-state index contributed by atoms with van der Waals surface area (Å²) < 4.78 is 34.2. The average molecular weight is 540 g/mol. The topological polar surface area (TPSA) is 146 Å². The zero-order valence-electron chi connectivity index (χ0n) is 22.1. The fourth-order valence-electron chi connectivity index (χ4n) is 4.37. The van der Waals surface area contributed by atoms with E-state index in [1.54, 1.807) is 30.6 Å². The van der Waals surface area contributed by atoms with Crippen LogP contribution in [0.5, 0.6) is 5.88 Å². The van der Waals surface area contributed by atoms with Crippen LogP contribution in [0.1, 0.15) is 55.2 Å². The summed E-state index contributed by atoms with van der Waals surface area (Å²) in [5.74, 6) is 1.03. The van der Waals surface area contributed by atoms with Crippen molar-refractivity contribution in [3.05, 3.63) is 60.1 Å². The number of esters is 1. The number of aromatic nitrogens is 3. The fraction of sp³-hybridized carbons (Fsp3) is 0.407. The Morgan fingerprint density at radius 1 is 1.24 bits per heavy atom. The van der Waals surface area contributed by atoms with E-state index in [-0.39, 0.29) is 18.3 Å². The number of pyridine rings is 3. The smallest absolute Gasteiger partial charge is 0.340 e. The molecule has 0 saturated carbocycles. The van der Waals surface area contributed by atoms with E-state index in [0.717, 1.165) is 10.9 Å². The number of rotatable bonds is 10. The summed E-state index contributed by atoms with van der Waals surface area (Å²) in [4.78, 5) is 26.0. The molecule has 202 valence electrons. The van der Waals surface area contributed by atoms with Crippen molar-refractivity contribution in [1.29, 1.82) is 0 Å². The van der Waals surface area contributed by atoms with Gasteiger partial charge in [-0.15, -0.1) is 6.58 Å². The van der Waals surface area contributed by atoms with Crippen LogP contribution in [0.3, 0.4) is 0 Å². The molecule has 3 N–H and O–H groups in total. The van der Waals surface area contributed by atoms with Gasteiger partial charge in [-0.1, -0.05) is 13.0 Å². The minimum absolute atomic E-state index is 0.0240. The second-order valence-corrected chi connectivity index (χ2v) is 12.4. The number of fused-ring (bicyclic) bond motifs is 2. The first kappa shape index (κ1) is 27.5. The number of nitrogens with zero attached hydrogens (tertiary/aromatic N) is 3. The third kappa shape index (κ3) is 5.94. The van der Waals surface area contributed by atoms with Gasteiger partial charge >= 0.3 is 5.97 Å². The summed E-state index contributed by atoms with van der Waals surface area (Å²) in [6, 6.07) is 5.24. The molecule has 0 spiro atoms. The molecule has 3 aromatic heterocycles. The monoisotopic (exact) mass is 539 g/mol. The van der Waals surface area contributed by atoms with Gasteiger partial charge in [-0.05, 0) is 50.3 Å². The number of nitrogens with two attached hydrogens (primary N) is 1. The quantitative estimate of drug-likeness (QED) is 0.221. The van der Waals surface area contributed by atoms with Crippen LogP contribution in [0.25, 0.3) is 10.8 Å². The predicted molar refractivity (Wildman–Crippen MR) is 146 cm³/mol. The first-order valence-corrected chi connectivity index (χ1v) is 14.4. The second kappa shape index (κ2) is 10.3. The number of carbonyl (C=O) groups excluding carboxylic acids is 1. The van der Waals surface area contributed by atoms with Crippen LogP contribution in [0, 0.1) is 0 Å². The van der Waals surface area contributed by atoms with E-state index in [1.165, 1.54) is 6.26 Å². The lowest BCUT2D eigenvalue weighted by Crippen LogP contribution is -2.36. The van der Waals surface area contributed by atoms with Gasteiger partial charge in [-0.25, -0.2) is 28.2 Å². The third-order valence-electron chi connectivity index (χ3n) is 6.50. The summed E-state index contributed by atoms with van der Waals surface area (Å²) in [5.41, 5.74) is 7.05. The van der Waals surface area contributed by atoms with Crippen molar-refractivity contribution in [3.63, 3.8) is 0 Å². The van der Waals surface area contributed by atoms with Crippen LogP contribution in [0.2, 0.25) is 0 Å². The number of cyclic esters (lactones) is 1. The molecule has 0 fully saturated rings. The lowest BCUT2D eigenvalue weighted by atomic mass is 9.87. The first-order valence-electron chi connectivity index (χ1n) is 12.4. The first-order chi connectivity index (χ1) is 17.8. The van der Waals surface area contributed by atoms with E-state index in [2.05, 4.69) is 26.8 Å². The van der Waals surface area contributed by atoms with E-state index in [1.807, 2.05) is 26.8 Å². The van der Waals surface area contributed by atoms with E-state index in [9.17, 15) is 13.2 Å². The van der Waals surface area contributed by atoms with Crippen molar-refractivity contribution in [1.82, 2.24) is 15.0 Å². The van der Waals surface area contributed by atoms with Crippen molar-refractivity contribution >= 4 is 38.2 Å². The maximum atomic E-state index is 12.3. The molecule has 0 bridgehead atoms. The minimum atomic E-state index is -3.08. The molecule has 3 aromatic rings. The van der Waals surface area contributed by atoms with Crippen LogP contribution >= 0.6 is 0 Å². The summed E-state index contributed by atoms with van der Waals surface area (Å²) >= 11 is 0. The van der Waals surface area contributed by atoms with E-state index in [0.29, 0.717) is 53.4 Å². The maximum Gasteiger partial charge on any atom is 0.340 e. The molecule has 10 nitrogen and oxygen atoms in total. The van der Waals surface area contributed by atoms with E-state index >= 15 is 0 Å². The Balaban J connectivity index is 1.69. The third-order valence-corrected chi connectivity index (χ3v) is 7.53. The van der Waals surface area contributed by atoms with Crippen LogP contribution < -0.4 is 15.8 Å². The standard InChI is InChI=1S/C27H33N5O5S/c1-6-27(28,7-2)20-16-30-24(36-11-8-12-38(5,34)35)19-15-29-23(13-18(19)20)32-22-10-9-17-21(31-22)14-26(3,4)37-25(17)33/h6,9-10,13,15-16H,1,7-8,11-12,14,28H2,2-5H3,(H,29,31,32)/t27-/m1/s1. The maximum absolute atomic E-state index is 12.3. The van der Waals surface area contributed by atoms with Crippen molar-refractivity contribution in [2.24, 2.45) is 5.73 Å². The van der Waals surface area contributed by atoms with Gasteiger partial charge in [0, 0.05) is 30.6 Å². The number of anilines is 2. The number of sulfone groups is 1. The zero-order valence-corrected chi connectivity index (χ0v) is 22.9. The lowest BCUT2D eigenvalue weighted by molar-refractivity contribution is -0.00714. The minimum Gasteiger partial charge on any atom is -0.477 e. The molecular formula is C27H33N5O5S. The predicted octanol–water partition coefficient (Wildman–Crippen LogP) is 3.82. The largest absolute Gasteiger partial charge is 0.477 e. The number of ether oxygens (including phenoxy) is 2. The highest BCUT2D eigenvalue weighted by atomic mass is 32.2. The van der Waals surface area contributed by atoms with Gasteiger partial charge in [0.05, 0.1) is 34.5 Å². The molecule has 0 amide bonds. The highest BCUT2D eigenvalue weighted by Gasteiger charge is 2.33. The Kier molecular flexibility index (Phi) is 7.44. The van der Waals surface area contributed by atoms with Crippen LogP contribution in [0.15, 0.2) is 43.2 Å². The second-order valence-electron chi connectivity index (χ2n) is 10.2. The van der Waals surface area contributed by atoms with Gasteiger partial charge in [0.15, 0.2) is 0 Å². The summed E-state index contributed by atoms with van der Waals surface area (Å²) in [6.07, 6.45) is 7.61. The summed E-state index contributed by atoms with van der Waals surface area (Å²) in [7, 11) is -3.08. The molecular weight excluding hydrogens is 506 g/mol. The molecule has 4 rings (SSSR count). The van der Waals surface area contributed by atoms with E-state index < -0.39 is 21.0 Å². The van der Waals surface area contributed by atoms with Crippen LogP contribution in [-0.4, -0.2) is 53.6 Å². The molecule has 0 saturated heterocycles. The number of hydrogen-bond donors (Lipinski definition) is 2. The molecule has 1 atom stereocenters. The Hall–Kier alpha value is -3.57. The normalized spacial score (nSPS) is 16.3. The van der Waals surface area contributed by atoms with Crippen LogP contribution in [-0.2, 0) is 26.5 Å². The molecule has 0 unspecified atom stereocenters. The van der Waals surface area contributed by atoms with Gasteiger partial charge in [-0.2, -0.15) is 0 Å². The Bertz CT molecular complexity index is 1510. The average Bonchev–Trinajstić information content (AvgIpc) is 2.84. The van der Waals surface area contributed by atoms with Crippen LogP contribution in [0.4, 0.5) is 11.6 Å². The van der Waals surface area contributed by atoms with Gasteiger partial charge in [0.2, 0.25) is 5.88 Å². The molecule has 1 aliphatic heterocycles. The van der Waals surface area contributed by atoms with Gasteiger partial charge in [0.1, 0.15) is 27.1 Å². The molecule has 0 aromatic carbocycles. The van der Waals surface area contributed by atoms with Gasteiger partial charge < -0.3 is 20.5 Å². The molecule has 0 aliphatic carbocycles. The van der Waals surface area contributed by atoms with Gasteiger partial charge in [-0.3, -0.25) is 0 Å². The van der Waals surface area contributed by atoms with E-state index in [4.69, 9.17) is 15.2 Å². The van der Waals surface area contributed by atoms with Crippen molar-refractivity contribution in [3.8, 4) is 5.88 Å². The molecule has 0 radical (unpaired) electrons. The number of nitrogens with one attached hydrogen (secondary N) is 1. The Morgan fingerprint density at radius 3 is 2.68 bits per heavy atom. The number of carbonyl (C=O) groups is 1.